The standard InChI is InChI=1S/C41H51F2N5O5S/c1-44-38(49)29-7-3-10-35(23-29)54(51,52)34-15-13-33(14-16-34)48-26-40(43,27-48)25-47-21-17-30(18-22-47)41(28-46-19-6-20-46,31-8-4-9-32(42)24-31)36-11-5-12-37(36)45-39(50)53-2/h3-4,7-10,13-16,23-24,30,36-37H,5-6,11-12,17-22,25-28H2,1-2H3,(H,44,49)(H,45,50)/t36-,37-,41-/m0/s1. The zero-order valence-electron chi connectivity index (χ0n) is 31.1. The number of nitrogens with one attached hydrogen (secondary N) is 2. The van der Waals surface area contributed by atoms with Gasteiger partial charge in [0.25, 0.3) is 5.91 Å². The summed E-state index contributed by atoms with van der Waals surface area (Å²) in [5.74, 6) is -0.301. The molecule has 0 radical (unpaired) electrons. The highest BCUT2D eigenvalue weighted by Crippen LogP contribution is 2.51. The topological polar surface area (TPSA) is 111 Å². The van der Waals surface area contributed by atoms with E-state index in [0.717, 1.165) is 82.5 Å². The van der Waals surface area contributed by atoms with Crippen molar-refractivity contribution in [1.82, 2.24) is 20.4 Å². The molecule has 3 atom stereocenters. The van der Waals surface area contributed by atoms with Gasteiger partial charge in [-0.1, -0.05) is 24.6 Å². The summed E-state index contributed by atoms with van der Waals surface area (Å²) in [6, 6.07) is 19.4. The maximum Gasteiger partial charge on any atom is 0.407 e. The SMILES string of the molecule is CNC(=O)c1cccc(S(=O)(=O)c2ccc(N3CC(F)(CN4CCC([C@@](CN5CCC5)(c5cccc(F)c5)[C@H]5CCC[C@@H]5NC(=O)OC)CC4)C3)cc2)c1. The molecule has 290 valence electrons. The molecule has 0 unspecified atom stereocenters. The van der Waals surface area contributed by atoms with Crippen LogP contribution in [0.5, 0.6) is 0 Å². The van der Waals surface area contributed by atoms with Gasteiger partial charge in [-0.2, -0.15) is 0 Å². The van der Waals surface area contributed by atoms with Crippen molar-refractivity contribution >= 4 is 27.5 Å². The molecular formula is C41H51F2N5O5S. The van der Waals surface area contributed by atoms with Crippen LogP contribution in [-0.4, -0.2) is 108 Å². The normalized spacial score (nSPS) is 23.1. The molecule has 4 aliphatic rings. The summed E-state index contributed by atoms with van der Waals surface area (Å²) in [5, 5.41) is 5.64. The number of hydrogen-bond donors (Lipinski definition) is 2. The summed E-state index contributed by atoms with van der Waals surface area (Å²) >= 11 is 0. The first-order valence-electron chi connectivity index (χ1n) is 19.1. The largest absolute Gasteiger partial charge is 0.453 e. The first-order chi connectivity index (χ1) is 25.9. The third kappa shape index (κ3) is 7.59. The summed E-state index contributed by atoms with van der Waals surface area (Å²) in [6.07, 6.45) is 5.14. The van der Waals surface area contributed by atoms with Crippen molar-refractivity contribution < 1.29 is 31.5 Å². The van der Waals surface area contributed by atoms with Gasteiger partial charge in [0.15, 0.2) is 5.67 Å². The molecule has 0 bridgehead atoms. The van der Waals surface area contributed by atoms with Gasteiger partial charge in [0.05, 0.1) is 30.0 Å². The van der Waals surface area contributed by atoms with E-state index in [0.29, 0.717) is 6.54 Å². The molecular weight excluding hydrogens is 713 g/mol. The van der Waals surface area contributed by atoms with Crippen LogP contribution < -0.4 is 15.5 Å². The molecule has 0 spiro atoms. The number of alkyl halides is 1. The fourth-order valence-corrected chi connectivity index (χ4v) is 10.9. The van der Waals surface area contributed by atoms with Crippen LogP contribution in [0.2, 0.25) is 0 Å². The summed E-state index contributed by atoms with van der Waals surface area (Å²) in [6.45, 7) is 4.98. The van der Waals surface area contributed by atoms with E-state index >= 15 is 4.39 Å². The zero-order chi connectivity index (χ0) is 38.1. The van der Waals surface area contributed by atoms with Crippen LogP contribution in [-0.2, 0) is 20.0 Å². The van der Waals surface area contributed by atoms with Gasteiger partial charge in [-0.25, -0.2) is 22.0 Å². The number of piperidine rings is 1. The minimum absolute atomic E-state index is 0.0292. The molecule has 3 aromatic carbocycles. The molecule has 4 fully saturated rings. The first-order valence-corrected chi connectivity index (χ1v) is 20.6. The predicted molar refractivity (Wildman–Crippen MR) is 203 cm³/mol. The van der Waals surface area contributed by atoms with Gasteiger partial charge >= 0.3 is 6.09 Å². The number of nitrogens with zero attached hydrogens (tertiary/aromatic N) is 3. The van der Waals surface area contributed by atoms with Crippen LogP contribution in [0, 0.1) is 17.7 Å². The molecule has 10 nitrogen and oxygen atoms in total. The van der Waals surface area contributed by atoms with Gasteiger partial charge in [0, 0.05) is 42.8 Å². The third-order valence-corrected chi connectivity index (χ3v) is 14.1. The van der Waals surface area contributed by atoms with E-state index in [2.05, 4.69) is 26.5 Å². The Kier molecular flexibility index (Phi) is 11.0. The lowest BCUT2D eigenvalue weighted by molar-refractivity contribution is 0.00584. The van der Waals surface area contributed by atoms with Gasteiger partial charge in [-0.3, -0.25) is 9.69 Å². The summed E-state index contributed by atoms with van der Waals surface area (Å²) in [5.41, 5.74) is 0.203. The number of carbonyl (C=O) groups is 2. The number of ether oxygens (including phenoxy) is 1. The van der Waals surface area contributed by atoms with Gasteiger partial charge in [0.2, 0.25) is 9.84 Å². The van der Waals surface area contributed by atoms with Gasteiger partial charge in [-0.15, -0.1) is 0 Å². The number of halogens is 2. The van der Waals surface area contributed by atoms with Gasteiger partial charge < -0.3 is 25.2 Å². The van der Waals surface area contributed by atoms with Gasteiger partial charge in [0.1, 0.15) is 5.82 Å². The molecule has 2 amide bonds. The molecule has 2 N–H and O–H groups in total. The highest BCUT2D eigenvalue weighted by molar-refractivity contribution is 7.91. The van der Waals surface area contributed by atoms with Crippen LogP contribution in [0.1, 0.15) is 54.4 Å². The van der Waals surface area contributed by atoms with Crippen molar-refractivity contribution in [1.29, 1.82) is 0 Å². The molecule has 3 aliphatic heterocycles. The van der Waals surface area contributed by atoms with Crippen LogP contribution in [0.15, 0.2) is 82.6 Å². The molecule has 54 heavy (non-hydrogen) atoms. The molecule has 1 saturated carbocycles. The maximum atomic E-state index is 16.3. The van der Waals surface area contributed by atoms with Crippen molar-refractivity contribution in [2.45, 2.75) is 65.4 Å². The minimum atomic E-state index is -3.86. The van der Waals surface area contributed by atoms with E-state index in [9.17, 15) is 22.4 Å². The Hall–Kier alpha value is -4.07. The lowest BCUT2D eigenvalue weighted by Crippen LogP contribution is -2.65. The number of benzene rings is 3. The fraction of sp³-hybridized carbons (Fsp3) is 0.512. The van der Waals surface area contributed by atoms with E-state index in [1.165, 1.54) is 44.5 Å². The number of amides is 2. The highest BCUT2D eigenvalue weighted by atomic mass is 32.2. The Morgan fingerprint density at radius 2 is 1.61 bits per heavy atom. The van der Waals surface area contributed by atoms with Gasteiger partial charge in [-0.05, 0) is 130 Å². The molecule has 3 aromatic rings. The van der Waals surface area contributed by atoms with Crippen LogP contribution in [0.3, 0.4) is 0 Å². The van der Waals surface area contributed by atoms with Crippen LogP contribution >= 0.6 is 0 Å². The van der Waals surface area contributed by atoms with E-state index in [-0.39, 0.29) is 63.5 Å². The van der Waals surface area contributed by atoms with Crippen molar-refractivity contribution in [3.8, 4) is 0 Å². The predicted octanol–water partition coefficient (Wildman–Crippen LogP) is 5.43. The van der Waals surface area contributed by atoms with Crippen molar-refractivity contribution in [2.75, 3.05) is 71.4 Å². The summed E-state index contributed by atoms with van der Waals surface area (Å²) < 4.78 is 62.9. The highest BCUT2D eigenvalue weighted by Gasteiger charge is 2.54. The summed E-state index contributed by atoms with van der Waals surface area (Å²) in [7, 11) is -0.983. The second kappa shape index (κ2) is 15.6. The Morgan fingerprint density at radius 1 is 0.889 bits per heavy atom. The first kappa shape index (κ1) is 38.2. The lowest BCUT2D eigenvalue weighted by Gasteiger charge is -2.54. The number of carbonyl (C=O) groups excluding carboxylic acids is 2. The van der Waals surface area contributed by atoms with E-state index in [1.807, 2.05) is 4.90 Å². The number of hydrogen-bond acceptors (Lipinski definition) is 8. The number of anilines is 1. The van der Waals surface area contributed by atoms with E-state index in [1.54, 1.807) is 36.4 Å². The number of sulfone groups is 1. The van der Waals surface area contributed by atoms with E-state index < -0.39 is 21.6 Å². The fourth-order valence-electron chi connectivity index (χ4n) is 9.59. The van der Waals surface area contributed by atoms with Crippen molar-refractivity contribution in [3.05, 3.63) is 89.7 Å². The average molecular weight is 764 g/mol. The molecule has 0 aromatic heterocycles. The molecule has 13 heteroatoms. The Balaban J connectivity index is 1.02. The monoisotopic (exact) mass is 763 g/mol. The van der Waals surface area contributed by atoms with Crippen molar-refractivity contribution in [3.63, 3.8) is 0 Å². The number of rotatable bonds is 12. The Labute approximate surface area is 317 Å². The minimum Gasteiger partial charge on any atom is -0.453 e. The Morgan fingerprint density at radius 3 is 2.26 bits per heavy atom. The zero-order valence-corrected chi connectivity index (χ0v) is 31.9. The lowest BCUT2D eigenvalue weighted by atomic mass is 9.57. The molecule has 3 saturated heterocycles. The second-order valence-corrected chi connectivity index (χ2v) is 17.6. The molecule has 7 rings (SSSR count). The van der Waals surface area contributed by atoms with E-state index in [4.69, 9.17) is 4.74 Å². The molecule has 3 heterocycles. The smallest absolute Gasteiger partial charge is 0.407 e. The number of likely N-dealkylation sites (tertiary alicyclic amines) is 2. The maximum absolute atomic E-state index is 16.3. The quantitative estimate of drug-likeness (QED) is 0.252. The van der Waals surface area contributed by atoms with Crippen molar-refractivity contribution in [2.24, 2.45) is 11.8 Å². The Bertz CT molecular complexity index is 1930. The molecule has 1 aliphatic carbocycles. The van der Waals surface area contributed by atoms with Crippen LogP contribution in [0.4, 0.5) is 19.3 Å². The number of methoxy groups -OCH3 is 1. The summed E-state index contributed by atoms with van der Waals surface area (Å²) in [4.78, 5) is 31.3. The average Bonchev–Trinajstić information content (AvgIpc) is 3.62. The number of alkyl carbamates (subject to hydrolysis) is 1. The third-order valence-electron chi connectivity index (χ3n) is 12.4. The van der Waals surface area contributed by atoms with Crippen LogP contribution in [0.25, 0.3) is 0 Å². The second-order valence-electron chi connectivity index (χ2n) is 15.6.